The van der Waals surface area contributed by atoms with Crippen LogP contribution in [0.2, 0.25) is 0 Å². The number of ether oxygens (including phenoxy) is 1. The van der Waals surface area contributed by atoms with Gasteiger partial charge in [-0.25, -0.2) is 0 Å². The standard InChI is InChI=1S/C8H17NO/c1-3-10-6-8-5-9-4-7(8)2/h7-9H,3-6H2,1-2H3/t7-,8-/m1/s1. The third-order valence-corrected chi connectivity index (χ3v) is 2.21. The van der Waals surface area contributed by atoms with Crippen LogP contribution < -0.4 is 5.32 Å². The fourth-order valence-electron chi connectivity index (χ4n) is 1.36. The quantitative estimate of drug-likeness (QED) is 0.633. The molecule has 1 aliphatic rings. The molecule has 0 aromatic carbocycles. The van der Waals surface area contributed by atoms with Crippen LogP contribution in [0.1, 0.15) is 13.8 Å². The monoisotopic (exact) mass is 143 g/mol. The second-order valence-corrected chi connectivity index (χ2v) is 3.06. The van der Waals surface area contributed by atoms with E-state index >= 15 is 0 Å². The summed E-state index contributed by atoms with van der Waals surface area (Å²) >= 11 is 0. The molecule has 0 aromatic heterocycles. The van der Waals surface area contributed by atoms with E-state index in [1.54, 1.807) is 0 Å². The first kappa shape index (κ1) is 8.02. The first-order valence-corrected chi connectivity index (χ1v) is 4.13. The first-order chi connectivity index (χ1) is 4.84. The molecule has 0 spiro atoms. The normalized spacial score (nSPS) is 33.0. The van der Waals surface area contributed by atoms with E-state index in [1.165, 1.54) is 0 Å². The van der Waals surface area contributed by atoms with Crippen LogP contribution in [0.15, 0.2) is 0 Å². The molecular formula is C8H17NO. The lowest BCUT2D eigenvalue weighted by molar-refractivity contribution is 0.104. The summed E-state index contributed by atoms with van der Waals surface area (Å²) in [5.41, 5.74) is 0. The molecule has 1 saturated heterocycles. The van der Waals surface area contributed by atoms with E-state index in [2.05, 4.69) is 12.2 Å². The van der Waals surface area contributed by atoms with Crippen molar-refractivity contribution in [3.05, 3.63) is 0 Å². The number of hydrogen-bond donors (Lipinski definition) is 1. The third kappa shape index (κ3) is 1.96. The van der Waals surface area contributed by atoms with Gasteiger partial charge < -0.3 is 10.1 Å². The Morgan fingerprint density at radius 1 is 1.50 bits per heavy atom. The van der Waals surface area contributed by atoms with Gasteiger partial charge in [-0.05, 0) is 25.3 Å². The maximum Gasteiger partial charge on any atom is 0.0509 e. The summed E-state index contributed by atoms with van der Waals surface area (Å²) in [6, 6.07) is 0. The van der Waals surface area contributed by atoms with Crippen molar-refractivity contribution in [3.8, 4) is 0 Å². The van der Waals surface area contributed by atoms with Crippen LogP contribution in [-0.2, 0) is 4.74 Å². The van der Waals surface area contributed by atoms with E-state index in [0.29, 0.717) is 0 Å². The SMILES string of the molecule is CCOC[C@H]1CNC[C@H]1C. The van der Waals surface area contributed by atoms with E-state index in [0.717, 1.165) is 38.1 Å². The van der Waals surface area contributed by atoms with Gasteiger partial charge in [-0.1, -0.05) is 6.92 Å². The van der Waals surface area contributed by atoms with Crippen LogP contribution >= 0.6 is 0 Å². The topological polar surface area (TPSA) is 21.3 Å². The highest BCUT2D eigenvalue weighted by molar-refractivity contribution is 4.77. The van der Waals surface area contributed by atoms with Gasteiger partial charge in [-0.3, -0.25) is 0 Å². The van der Waals surface area contributed by atoms with Crippen LogP contribution in [0, 0.1) is 11.8 Å². The molecule has 10 heavy (non-hydrogen) atoms. The fraction of sp³-hybridized carbons (Fsp3) is 1.00. The zero-order valence-electron chi connectivity index (χ0n) is 6.89. The van der Waals surface area contributed by atoms with Gasteiger partial charge in [0.05, 0.1) is 6.61 Å². The summed E-state index contributed by atoms with van der Waals surface area (Å²) in [5.74, 6) is 1.55. The van der Waals surface area contributed by atoms with Gasteiger partial charge in [-0.15, -0.1) is 0 Å². The smallest absolute Gasteiger partial charge is 0.0509 e. The van der Waals surface area contributed by atoms with Crippen LogP contribution in [0.5, 0.6) is 0 Å². The third-order valence-electron chi connectivity index (χ3n) is 2.21. The largest absolute Gasteiger partial charge is 0.381 e. The van der Waals surface area contributed by atoms with Crippen molar-refractivity contribution < 1.29 is 4.74 Å². The molecule has 2 heteroatoms. The molecule has 2 nitrogen and oxygen atoms in total. The molecule has 1 N–H and O–H groups in total. The summed E-state index contributed by atoms with van der Waals surface area (Å²) in [6.45, 7) is 8.42. The second-order valence-electron chi connectivity index (χ2n) is 3.06. The molecule has 0 saturated carbocycles. The molecule has 1 rings (SSSR count). The van der Waals surface area contributed by atoms with Crippen LogP contribution in [-0.4, -0.2) is 26.3 Å². The van der Waals surface area contributed by atoms with E-state index < -0.39 is 0 Å². The Morgan fingerprint density at radius 2 is 2.30 bits per heavy atom. The van der Waals surface area contributed by atoms with Crippen LogP contribution in [0.3, 0.4) is 0 Å². The average molecular weight is 143 g/mol. The zero-order valence-corrected chi connectivity index (χ0v) is 6.89. The lowest BCUT2D eigenvalue weighted by Gasteiger charge is -2.12. The highest BCUT2D eigenvalue weighted by Crippen LogP contribution is 2.15. The lowest BCUT2D eigenvalue weighted by Crippen LogP contribution is -2.16. The molecule has 0 aromatic rings. The molecule has 60 valence electrons. The summed E-state index contributed by atoms with van der Waals surface area (Å²) in [6.07, 6.45) is 0. The molecule has 1 heterocycles. The molecule has 1 aliphatic heterocycles. The Kier molecular flexibility index (Phi) is 3.16. The number of nitrogens with one attached hydrogen (secondary N) is 1. The molecule has 0 aliphatic carbocycles. The Hall–Kier alpha value is -0.0800. The molecular weight excluding hydrogens is 126 g/mol. The van der Waals surface area contributed by atoms with Crippen molar-refractivity contribution in [3.63, 3.8) is 0 Å². The molecule has 0 unspecified atom stereocenters. The number of rotatable bonds is 3. The first-order valence-electron chi connectivity index (χ1n) is 4.13. The molecule has 0 amide bonds. The van der Waals surface area contributed by atoms with Gasteiger partial charge in [-0.2, -0.15) is 0 Å². The van der Waals surface area contributed by atoms with E-state index in [1.807, 2.05) is 6.92 Å². The zero-order chi connectivity index (χ0) is 7.40. The van der Waals surface area contributed by atoms with Crippen molar-refractivity contribution in [2.24, 2.45) is 11.8 Å². The Balaban J connectivity index is 2.14. The Morgan fingerprint density at radius 3 is 2.80 bits per heavy atom. The van der Waals surface area contributed by atoms with E-state index in [9.17, 15) is 0 Å². The minimum absolute atomic E-state index is 0.750. The van der Waals surface area contributed by atoms with Crippen LogP contribution in [0.4, 0.5) is 0 Å². The van der Waals surface area contributed by atoms with Gasteiger partial charge in [0.15, 0.2) is 0 Å². The Labute approximate surface area is 63.0 Å². The summed E-state index contributed by atoms with van der Waals surface area (Å²) in [7, 11) is 0. The second kappa shape index (κ2) is 3.94. The highest BCUT2D eigenvalue weighted by Gasteiger charge is 2.22. The molecule has 0 bridgehead atoms. The maximum atomic E-state index is 5.35. The molecule has 1 fully saturated rings. The predicted octanol–water partition coefficient (Wildman–Crippen LogP) is 0.878. The maximum absolute atomic E-state index is 5.35. The van der Waals surface area contributed by atoms with E-state index in [-0.39, 0.29) is 0 Å². The van der Waals surface area contributed by atoms with Crippen LogP contribution in [0.25, 0.3) is 0 Å². The Bertz CT molecular complexity index is 95.3. The van der Waals surface area contributed by atoms with Crippen molar-refractivity contribution in [2.75, 3.05) is 26.3 Å². The fourth-order valence-corrected chi connectivity index (χ4v) is 1.36. The summed E-state index contributed by atoms with van der Waals surface area (Å²) < 4.78 is 5.35. The van der Waals surface area contributed by atoms with Gasteiger partial charge in [0.2, 0.25) is 0 Å². The van der Waals surface area contributed by atoms with Gasteiger partial charge in [0.1, 0.15) is 0 Å². The number of hydrogen-bond acceptors (Lipinski definition) is 2. The summed E-state index contributed by atoms with van der Waals surface area (Å²) in [5, 5.41) is 3.35. The minimum atomic E-state index is 0.750. The highest BCUT2D eigenvalue weighted by atomic mass is 16.5. The van der Waals surface area contributed by atoms with Crippen molar-refractivity contribution in [1.82, 2.24) is 5.32 Å². The van der Waals surface area contributed by atoms with Gasteiger partial charge in [0.25, 0.3) is 0 Å². The van der Waals surface area contributed by atoms with Crippen molar-refractivity contribution in [1.29, 1.82) is 0 Å². The van der Waals surface area contributed by atoms with Gasteiger partial charge >= 0.3 is 0 Å². The van der Waals surface area contributed by atoms with Crippen molar-refractivity contribution in [2.45, 2.75) is 13.8 Å². The summed E-state index contributed by atoms with van der Waals surface area (Å²) in [4.78, 5) is 0. The lowest BCUT2D eigenvalue weighted by atomic mass is 9.99. The molecule has 2 atom stereocenters. The predicted molar refractivity (Wildman–Crippen MR) is 42.0 cm³/mol. The molecule has 0 radical (unpaired) electrons. The minimum Gasteiger partial charge on any atom is -0.381 e. The average Bonchev–Trinajstić information content (AvgIpc) is 2.31. The van der Waals surface area contributed by atoms with Crippen molar-refractivity contribution >= 4 is 0 Å². The van der Waals surface area contributed by atoms with E-state index in [4.69, 9.17) is 4.74 Å². The van der Waals surface area contributed by atoms with Gasteiger partial charge in [0, 0.05) is 13.2 Å².